The summed E-state index contributed by atoms with van der Waals surface area (Å²) in [6.07, 6.45) is 6.26. The van der Waals surface area contributed by atoms with Gasteiger partial charge in [0, 0.05) is 23.3 Å². The van der Waals surface area contributed by atoms with Crippen molar-refractivity contribution in [3.8, 4) is 12.1 Å². The molecule has 0 amide bonds. The number of halogens is 3. The zero-order valence-corrected chi connectivity index (χ0v) is 21.5. The molecule has 5 aromatic rings. The number of nitriles is 2. The monoisotopic (exact) mass is 549 g/mol. The minimum Gasteiger partial charge on any atom is -0.378 e. The quantitative estimate of drug-likeness (QED) is 0.226. The summed E-state index contributed by atoms with van der Waals surface area (Å²) < 4.78 is 43.0. The molecule has 3 aromatic heterocycles. The van der Waals surface area contributed by atoms with Crippen LogP contribution in [0.25, 0.3) is 10.9 Å². The van der Waals surface area contributed by atoms with Crippen molar-refractivity contribution in [1.29, 1.82) is 10.5 Å². The molecule has 2 aromatic carbocycles. The highest BCUT2D eigenvalue weighted by molar-refractivity contribution is 6.19. The summed E-state index contributed by atoms with van der Waals surface area (Å²) in [6.45, 7) is 0. The standard InChI is InChI=1S/C28H19BF3N9/c29-28(17-1-3-18(30)4-2-17,24-14-41(40-39-24)21-5-6-21)38-19-7-15(10-33)25-22(8-19)26(16(11-34)12-35-25)37-20-9-23(31)27(32)36-13-20/h1-4,7-9,12-14,21,38H,5-6,29H2,(H,35,37). The van der Waals surface area contributed by atoms with Crippen LogP contribution in [0.15, 0.2) is 61.1 Å². The van der Waals surface area contributed by atoms with E-state index in [-0.39, 0.29) is 28.5 Å². The third kappa shape index (κ3) is 4.78. The van der Waals surface area contributed by atoms with Crippen molar-refractivity contribution in [1.82, 2.24) is 25.0 Å². The molecule has 3 heterocycles. The average molecular weight is 549 g/mol. The Bertz CT molecular complexity index is 1890. The third-order valence-electron chi connectivity index (χ3n) is 7.04. The SMILES string of the molecule is BC(Nc1cc(C#N)c2ncc(C#N)c(Nc3cnc(F)c(F)c3)c2c1)(c1ccc(F)cc1)c1cn(C2CC2)nn1. The molecule has 41 heavy (non-hydrogen) atoms. The zero-order valence-electron chi connectivity index (χ0n) is 21.5. The lowest BCUT2D eigenvalue weighted by Gasteiger charge is -2.31. The van der Waals surface area contributed by atoms with Gasteiger partial charge in [-0.2, -0.15) is 14.9 Å². The minimum absolute atomic E-state index is 0.0950. The Balaban J connectivity index is 1.50. The highest BCUT2D eigenvalue weighted by atomic mass is 19.2. The van der Waals surface area contributed by atoms with E-state index in [0.717, 1.165) is 25.1 Å². The molecule has 2 N–H and O–H groups in total. The second kappa shape index (κ2) is 9.95. The van der Waals surface area contributed by atoms with Crippen LogP contribution >= 0.6 is 0 Å². The normalized spacial score (nSPS) is 14.2. The number of benzene rings is 2. The maximum absolute atomic E-state index is 13.9. The maximum Gasteiger partial charge on any atom is 0.249 e. The average Bonchev–Trinajstić information content (AvgIpc) is 3.70. The molecule has 0 radical (unpaired) electrons. The number of rotatable bonds is 7. The van der Waals surface area contributed by atoms with E-state index in [1.54, 1.807) is 28.9 Å². The number of hydrogen-bond acceptors (Lipinski definition) is 8. The molecule has 0 spiro atoms. The number of anilines is 3. The van der Waals surface area contributed by atoms with Gasteiger partial charge in [-0.15, -0.1) is 5.10 Å². The fourth-order valence-electron chi connectivity index (χ4n) is 4.69. The first-order chi connectivity index (χ1) is 19.8. The molecule has 1 aliphatic rings. The molecule has 6 rings (SSSR count). The largest absolute Gasteiger partial charge is 0.378 e. The highest BCUT2D eigenvalue weighted by Gasteiger charge is 2.34. The van der Waals surface area contributed by atoms with E-state index < -0.39 is 23.0 Å². The lowest BCUT2D eigenvalue weighted by Crippen LogP contribution is -2.38. The summed E-state index contributed by atoms with van der Waals surface area (Å²) in [7, 11) is 1.87. The Kier molecular flexibility index (Phi) is 6.27. The summed E-state index contributed by atoms with van der Waals surface area (Å²) in [5.74, 6) is -2.82. The zero-order chi connectivity index (χ0) is 28.7. The predicted octanol–water partition coefficient (Wildman–Crippen LogP) is 4.41. The highest BCUT2D eigenvalue weighted by Crippen LogP contribution is 2.38. The fraction of sp³-hybridized carbons (Fsp3) is 0.143. The number of nitrogens with zero attached hydrogens (tertiary/aromatic N) is 7. The smallest absolute Gasteiger partial charge is 0.249 e. The Morgan fingerprint density at radius 3 is 2.39 bits per heavy atom. The lowest BCUT2D eigenvalue weighted by atomic mass is 9.69. The van der Waals surface area contributed by atoms with Gasteiger partial charge in [-0.3, -0.25) is 4.98 Å². The van der Waals surface area contributed by atoms with Crippen LogP contribution in [0, 0.1) is 40.2 Å². The van der Waals surface area contributed by atoms with Crippen LogP contribution in [0.2, 0.25) is 0 Å². The van der Waals surface area contributed by atoms with Crippen LogP contribution in [0.1, 0.15) is 41.3 Å². The van der Waals surface area contributed by atoms with Crippen LogP contribution in [0.5, 0.6) is 0 Å². The summed E-state index contributed by atoms with van der Waals surface area (Å²) >= 11 is 0. The second-order valence-corrected chi connectivity index (χ2v) is 9.88. The molecule has 13 heteroatoms. The van der Waals surface area contributed by atoms with Crippen LogP contribution in [-0.4, -0.2) is 32.8 Å². The third-order valence-corrected chi connectivity index (χ3v) is 7.04. The van der Waals surface area contributed by atoms with Crippen molar-refractivity contribution < 1.29 is 13.2 Å². The molecule has 0 aliphatic heterocycles. The molecular formula is C28H19BF3N9. The second-order valence-electron chi connectivity index (χ2n) is 9.88. The minimum atomic E-state index is -1.26. The van der Waals surface area contributed by atoms with E-state index in [9.17, 15) is 23.7 Å². The molecule has 9 nitrogen and oxygen atoms in total. The summed E-state index contributed by atoms with van der Waals surface area (Å²) in [5, 5.41) is 35.3. The van der Waals surface area contributed by atoms with E-state index in [1.807, 2.05) is 20.1 Å². The predicted molar refractivity (Wildman–Crippen MR) is 146 cm³/mol. The molecule has 1 atom stereocenters. The van der Waals surface area contributed by atoms with E-state index in [0.29, 0.717) is 27.8 Å². The molecule has 200 valence electrons. The Hall–Kier alpha value is -5.43. The van der Waals surface area contributed by atoms with Crippen molar-refractivity contribution in [2.75, 3.05) is 10.6 Å². The first-order valence-corrected chi connectivity index (χ1v) is 12.6. The van der Waals surface area contributed by atoms with E-state index in [1.165, 1.54) is 18.3 Å². The van der Waals surface area contributed by atoms with Gasteiger partial charge in [-0.1, -0.05) is 17.3 Å². The number of aromatic nitrogens is 5. The van der Waals surface area contributed by atoms with Crippen molar-refractivity contribution in [2.45, 2.75) is 24.3 Å². The van der Waals surface area contributed by atoms with Gasteiger partial charge in [0.1, 0.15) is 31.5 Å². The van der Waals surface area contributed by atoms with Gasteiger partial charge < -0.3 is 10.6 Å². The van der Waals surface area contributed by atoms with Gasteiger partial charge in [0.2, 0.25) is 5.95 Å². The van der Waals surface area contributed by atoms with E-state index in [2.05, 4.69) is 37.0 Å². The number of fused-ring (bicyclic) bond motifs is 1. The van der Waals surface area contributed by atoms with E-state index in [4.69, 9.17) is 0 Å². The van der Waals surface area contributed by atoms with Gasteiger partial charge in [0.15, 0.2) is 5.82 Å². The summed E-state index contributed by atoms with van der Waals surface area (Å²) in [6, 6.07) is 14.7. The summed E-state index contributed by atoms with van der Waals surface area (Å²) in [4.78, 5) is 7.71. The first kappa shape index (κ1) is 25.8. The maximum atomic E-state index is 13.9. The molecule has 1 fully saturated rings. The van der Waals surface area contributed by atoms with Crippen molar-refractivity contribution in [3.63, 3.8) is 0 Å². The molecule has 1 saturated carbocycles. The Morgan fingerprint density at radius 2 is 1.71 bits per heavy atom. The van der Waals surface area contributed by atoms with Crippen LogP contribution in [0.3, 0.4) is 0 Å². The van der Waals surface area contributed by atoms with Crippen molar-refractivity contribution in [2.24, 2.45) is 0 Å². The molecule has 0 saturated heterocycles. The molecule has 0 bridgehead atoms. The van der Waals surface area contributed by atoms with Crippen LogP contribution < -0.4 is 10.6 Å². The number of pyridine rings is 2. The van der Waals surface area contributed by atoms with E-state index >= 15 is 0 Å². The summed E-state index contributed by atoms with van der Waals surface area (Å²) in [5.41, 5.74) is 1.63. The number of hydrogen-bond donors (Lipinski definition) is 2. The lowest BCUT2D eigenvalue weighted by molar-refractivity contribution is 0.480. The van der Waals surface area contributed by atoms with Gasteiger partial charge in [-0.25, -0.2) is 18.4 Å². The van der Waals surface area contributed by atoms with Crippen LogP contribution in [0.4, 0.5) is 30.2 Å². The Morgan fingerprint density at radius 1 is 0.951 bits per heavy atom. The fourth-order valence-corrected chi connectivity index (χ4v) is 4.69. The van der Waals surface area contributed by atoms with Crippen LogP contribution in [-0.2, 0) is 5.44 Å². The first-order valence-electron chi connectivity index (χ1n) is 12.6. The van der Waals surface area contributed by atoms with Gasteiger partial charge in [0.05, 0.1) is 51.9 Å². The van der Waals surface area contributed by atoms with Gasteiger partial charge in [0.25, 0.3) is 0 Å². The van der Waals surface area contributed by atoms with Crippen molar-refractivity contribution >= 4 is 35.8 Å². The van der Waals surface area contributed by atoms with Crippen molar-refractivity contribution in [3.05, 3.63) is 101 Å². The molecule has 1 aliphatic carbocycles. The molecule has 1 unspecified atom stereocenters. The number of nitrogens with one attached hydrogen (secondary N) is 2. The topological polar surface area (TPSA) is 128 Å². The molecular weight excluding hydrogens is 530 g/mol. The van der Waals surface area contributed by atoms with Gasteiger partial charge >= 0.3 is 0 Å². The van der Waals surface area contributed by atoms with Gasteiger partial charge in [-0.05, 0) is 42.7 Å². The Labute approximate surface area is 232 Å².